The van der Waals surface area contributed by atoms with Crippen LogP contribution in [-0.2, 0) is 6.42 Å². The van der Waals surface area contributed by atoms with Crippen molar-refractivity contribution in [2.75, 3.05) is 19.6 Å². The summed E-state index contributed by atoms with van der Waals surface area (Å²) in [5.41, 5.74) is 6.71. The largest absolute Gasteiger partial charge is 0.464 e. The van der Waals surface area contributed by atoms with Gasteiger partial charge in [0.2, 0.25) is 0 Å². The molecule has 0 aromatic carbocycles. The number of hydrogen-bond acceptors (Lipinski definition) is 3. The van der Waals surface area contributed by atoms with Gasteiger partial charge in [0, 0.05) is 13.0 Å². The second-order valence-corrected chi connectivity index (χ2v) is 7.01. The fourth-order valence-electron chi connectivity index (χ4n) is 4.32. The summed E-state index contributed by atoms with van der Waals surface area (Å²) in [6.07, 6.45) is 10.9. The maximum atomic E-state index is 6.05. The standard InChI is InChI=1S/C18H30N2O/c1-2-15-6-7-17(21-15)16(14-19)20-12-10-18(11-13-20)8-4-3-5-9-18/h6-7,16H,2-5,8-14,19H2,1H3. The van der Waals surface area contributed by atoms with E-state index < -0.39 is 0 Å². The summed E-state index contributed by atoms with van der Waals surface area (Å²) < 4.78 is 5.95. The molecule has 118 valence electrons. The van der Waals surface area contributed by atoms with E-state index >= 15 is 0 Å². The SMILES string of the molecule is CCc1ccc(C(CN)N2CCC3(CCCCC3)CC2)o1. The van der Waals surface area contributed by atoms with Gasteiger partial charge in [-0.25, -0.2) is 0 Å². The van der Waals surface area contributed by atoms with E-state index in [2.05, 4.69) is 24.0 Å². The van der Waals surface area contributed by atoms with E-state index in [9.17, 15) is 0 Å². The molecule has 1 aromatic heterocycles. The Balaban J connectivity index is 1.63. The molecular formula is C18H30N2O. The Bertz CT molecular complexity index is 438. The molecule has 2 heterocycles. The summed E-state index contributed by atoms with van der Waals surface area (Å²) in [6.45, 7) is 5.16. The van der Waals surface area contributed by atoms with Crippen LogP contribution in [0, 0.1) is 5.41 Å². The van der Waals surface area contributed by atoms with Crippen molar-refractivity contribution >= 4 is 0 Å². The van der Waals surface area contributed by atoms with E-state index in [-0.39, 0.29) is 6.04 Å². The molecule has 1 aliphatic carbocycles. The molecule has 0 bridgehead atoms. The third kappa shape index (κ3) is 3.19. The van der Waals surface area contributed by atoms with Crippen LogP contribution in [0.5, 0.6) is 0 Å². The molecule has 2 N–H and O–H groups in total. The van der Waals surface area contributed by atoms with E-state index in [1.807, 2.05) is 0 Å². The Morgan fingerprint density at radius 2 is 1.86 bits per heavy atom. The molecule has 2 aliphatic rings. The van der Waals surface area contributed by atoms with Gasteiger partial charge >= 0.3 is 0 Å². The van der Waals surface area contributed by atoms with Crippen LogP contribution < -0.4 is 5.73 Å². The Labute approximate surface area is 128 Å². The number of piperidine rings is 1. The van der Waals surface area contributed by atoms with Crippen LogP contribution in [0.3, 0.4) is 0 Å². The molecule has 21 heavy (non-hydrogen) atoms. The van der Waals surface area contributed by atoms with Gasteiger partial charge in [-0.15, -0.1) is 0 Å². The molecule has 1 saturated carbocycles. The van der Waals surface area contributed by atoms with Crippen LogP contribution in [0.2, 0.25) is 0 Å². The summed E-state index contributed by atoms with van der Waals surface area (Å²) in [5.74, 6) is 2.14. The van der Waals surface area contributed by atoms with Crippen LogP contribution in [-0.4, -0.2) is 24.5 Å². The van der Waals surface area contributed by atoms with Gasteiger partial charge < -0.3 is 10.2 Å². The molecule has 3 nitrogen and oxygen atoms in total. The zero-order chi connectivity index (χ0) is 14.7. The predicted octanol–water partition coefficient (Wildman–Crippen LogP) is 3.89. The van der Waals surface area contributed by atoms with Gasteiger partial charge in [-0.05, 0) is 56.3 Å². The molecule has 1 aromatic rings. The van der Waals surface area contributed by atoms with Gasteiger partial charge in [-0.1, -0.05) is 26.2 Å². The van der Waals surface area contributed by atoms with Crippen molar-refractivity contribution in [3.05, 3.63) is 23.7 Å². The fourth-order valence-corrected chi connectivity index (χ4v) is 4.32. The molecule has 0 amide bonds. The lowest BCUT2D eigenvalue weighted by atomic mass is 9.68. The van der Waals surface area contributed by atoms with E-state index in [0.29, 0.717) is 12.0 Å². The fraction of sp³-hybridized carbons (Fsp3) is 0.778. The van der Waals surface area contributed by atoms with Crippen molar-refractivity contribution in [3.63, 3.8) is 0 Å². The molecule has 3 heteroatoms. The Kier molecular flexibility index (Phi) is 4.70. The van der Waals surface area contributed by atoms with Gasteiger partial charge in [0.15, 0.2) is 0 Å². The van der Waals surface area contributed by atoms with Crippen LogP contribution in [0.25, 0.3) is 0 Å². The third-order valence-corrected chi connectivity index (χ3v) is 5.80. The lowest BCUT2D eigenvalue weighted by Gasteiger charge is -2.46. The molecular weight excluding hydrogens is 260 g/mol. The van der Waals surface area contributed by atoms with Crippen molar-refractivity contribution in [2.24, 2.45) is 11.1 Å². The number of nitrogens with two attached hydrogens (primary N) is 1. The second kappa shape index (κ2) is 6.53. The van der Waals surface area contributed by atoms with Crippen molar-refractivity contribution in [3.8, 4) is 0 Å². The first-order chi connectivity index (χ1) is 10.3. The summed E-state index contributed by atoms with van der Waals surface area (Å²) in [5, 5.41) is 0. The summed E-state index contributed by atoms with van der Waals surface area (Å²) in [4.78, 5) is 2.55. The molecule has 1 aliphatic heterocycles. The smallest absolute Gasteiger partial charge is 0.122 e. The number of aryl methyl sites for hydroxylation is 1. The maximum Gasteiger partial charge on any atom is 0.122 e. The number of furan rings is 1. The minimum atomic E-state index is 0.270. The quantitative estimate of drug-likeness (QED) is 0.915. The highest BCUT2D eigenvalue weighted by molar-refractivity contribution is 5.12. The molecule has 3 rings (SSSR count). The zero-order valence-corrected chi connectivity index (χ0v) is 13.4. The summed E-state index contributed by atoms with van der Waals surface area (Å²) in [6, 6.07) is 4.50. The van der Waals surface area contributed by atoms with Crippen LogP contribution in [0.4, 0.5) is 0 Å². The zero-order valence-electron chi connectivity index (χ0n) is 13.4. The normalized spacial score (nSPS) is 24.3. The first-order valence-corrected chi connectivity index (χ1v) is 8.79. The monoisotopic (exact) mass is 290 g/mol. The molecule has 0 radical (unpaired) electrons. The van der Waals surface area contributed by atoms with Crippen LogP contribution in [0.1, 0.15) is 69.4 Å². The molecule has 1 spiro atoms. The minimum absolute atomic E-state index is 0.270. The van der Waals surface area contributed by atoms with Gasteiger partial charge in [-0.3, -0.25) is 4.90 Å². The highest BCUT2D eigenvalue weighted by atomic mass is 16.3. The minimum Gasteiger partial charge on any atom is -0.464 e. The summed E-state index contributed by atoms with van der Waals surface area (Å²) >= 11 is 0. The lowest BCUT2D eigenvalue weighted by Crippen LogP contribution is -2.44. The second-order valence-electron chi connectivity index (χ2n) is 7.01. The number of hydrogen-bond donors (Lipinski definition) is 1. The van der Waals surface area contributed by atoms with Crippen molar-refractivity contribution < 1.29 is 4.42 Å². The molecule has 2 fully saturated rings. The number of rotatable bonds is 4. The highest BCUT2D eigenvalue weighted by Gasteiger charge is 2.37. The van der Waals surface area contributed by atoms with Crippen LogP contribution >= 0.6 is 0 Å². The maximum absolute atomic E-state index is 6.05. The van der Waals surface area contributed by atoms with E-state index in [1.54, 1.807) is 0 Å². The topological polar surface area (TPSA) is 42.4 Å². The van der Waals surface area contributed by atoms with Gasteiger partial charge in [-0.2, -0.15) is 0 Å². The van der Waals surface area contributed by atoms with Gasteiger partial charge in [0.1, 0.15) is 11.5 Å². The Morgan fingerprint density at radius 1 is 1.14 bits per heavy atom. The predicted molar refractivity (Wildman–Crippen MR) is 86.2 cm³/mol. The highest BCUT2D eigenvalue weighted by Crippen LogP contribution is 2.45. The average Bonchev–Trinajstić information content (AvgIpc) is 3.00. The van der Waals surface area contributed by atoms with Crippen molar-refractivity contribution in [1.29, 1.82) is 0 Å². The number of nitrogens with zero attached hydrogens (tertiary/aromatic N) is 1. The summed E-state index contributed by atoms with van der Waals surface area (Å²) in [7, 11) is 0. The van der Waals surface area contributed by atoms with Gasteiger partial charge in [0.25, 0.3) is 0 Å². The third-order valence-electron chi connectivity index (χ3n) is 5.80. The van der Waals surface area contributed by atoms with E-state index in [0.717, 1.165) is 17.9 Å². The average molecular weight is 290 g/mol. The Morgan fingerprint density at radius 3 is 2.43 bits per heavy atom. The van der Waals surface area contributed by atoms with E-state index in [1.165, 1.54) is 58.0 Å². The molecule has 1 unspecified atom stereocenters. The molecule has 1 atom stereocenters. The van der Waals surface area contributed by atoms with Crippen molar-refractivity contribution in [2.45, 2.75) is 64.3 Å². The van der Waals surface area contributed by atoms with Crippen molar-refractivity contribution in [1.82, 2.24) is 4.90 Å². The van der Waals surface area contributed by atoms with E-state index in [4.69, 9.17) is 10.2 Å². The Hall–Kier alpha value is -0.800. The number of likely N-dealkylation sites (tertiary alicyclic amines) is 1. The van der Waals surface area contributed by atoms with Crippen LogP contribution in [0.15, 0.2) is 16.5 Å². The molecule has 1 saturated heterocycles. The first kappa shape index (κ1) is 15.1. The van der Waals surface area contributed by atoms with Gasteiger partial charge in [0.05, 0.1) is 6.04 Å². The first-order valence-electron chi connectivity index (χ1n) is 8.79. The lowest BCUT2D eigenvalue weighted by molar-refractivity contribution is 0.0410.